The largest absolute Gasteiger partial charge is 0.507 e. The van der Waals surface area contributed by atoms with Crippen molar-refractivity contribution in [2.24, 2.45) is 4.99 Å². The first-order valence-electron chi connectivity index (χ1n) is 9.62. The van der Waals surface area contributed by atoms with Gasteiger partial charge in [-0.05, 0) is 42.3 Å². The van der Waals surface area contributed by atoms with Crippen molar-refractivity contribution >= 4 is 6.21 Å². The van der Waals surface area contributed by atoms with E-state index in [1.165, 1.54) is 24.8 Å². The van der Waals surface area contributed by atoms with Gasteiger partial charge in [-0.2, -0.15) is 0 Å². The summed E-state index contributed by atoms with van der Waals surface area (Å²) in [6, 6.07) is 5.00. The number of likely N-dealkylation sites (N-methyl/N-ethyl adjacent to an activating group) is 1. The minimum Gasteiger partial charge on any atom is -0.507 e. The molecule has 140 valence electrons. The van der Waals surface area contributed by atoms with Crippen molar-refractivity contribution in [1.82, 2.24) is 5.32 Å². The maximum absolute atomic E-state index is 10.9. The number of rotatable bonds is 3. The molecule has 1 aromatic carbocycles. The molecule has 1 unspecified atom stereocenters. The fourth-order valence-corrected chi connectivity index (χ4v) is 3.56. The summed E-state index contributed by atoms with van der Waals surface area (Å²) < 4.78 is 0. The molecule has 1 aliphatic rings. The minimum absolute atomic E-state index is 0.0363. The molecule has 0 amide bonds. The standard InChI is InChI=1S/C22H36N2O/c1-21(2,3)16-12-15(20(25)17(13-16)22(4,5)6)14-24-19-11-9-8-10-18(19)23-7/h12-14,18-19,23,25H,8-11H2,1-7H3/b24-14+/t18-,19?/m0/s1. The van der Waals surface area contributed by atoms with Gasteiger partial charge in [0.2, 0.25) is 0 Å². The second kappa shape index (κ2) is 7.49. The zero-order chi connectivity index (χ0) is 18.8. The summed E-state index contributed by atoms with van der Waals surface area (Å²) in [6.07, 6.45) is 6.71. The summed E-state index contributed by atoms with van der Waals surface area (Å²) in [7, 11) is 2.02. The van der Waals surface area contributed by atoms with Gasteiger partial charge in [0.05, 0.1) is 6.04 Å². The van der Waals surface area contributed by atoms with Crippen molar-refractivity contribution in [3.05, 3.63) is 28.8 Å². The predicted octanol–water partition coefficient (Wildman–Crippen LogP) is 4.94. The fraction of sp³-hybridized carbons (Fsp3) is 0.682. The van der Waals surface area contributed by atoms with Crippen molar-refractivity contribution in [1.29, 1.82) is 0 Å². The van der Waals surface area contributed by atoms with Gasteiger partial charge in [0.1, 0.15) is 5.75 Å². The third-order valence-corrected chi connectivity index (χ3v) is 5.32. The maximum Gasteiger partial charge on any atom is 0.128 e. The quantitative estimate of drug-likeness (QED) is 0.763. The van der Waals surface area contributed by atoms with E-state index in [2.05, 4.69) is 59.0 Å². The molecule has 2 N–H and O–H groups in total. The van der Waals surface area contributed by atoms with Gasteiger partial charge in [0.15, 0.2) is 0 Å². The lowest BCUT2D eigenvalue weighted by Crippen LogP contribution is -2.39. The molecular formula is C22H36N2O. The fourth-order valence-electron chi connectivity index (χ4n) is 3.56. The van der Waals surface area contributed by atoms with Crippen molar-refractivity contribution in [3.8, 4) is 5.75 Å². The predicted molar refractivity (Wildman–Crippen MR) is 108 cm³/mol. The normalized spacial score (nSPS) is 22.5. The summed E-state index contributed by atoms with van der Waals surface area (Å²) >= 11 is 0. The summed E-state index contributed by atoms with van der Waals surface area (Å²) in [4.78, 5) is 4.87. The van der Waals surface area contributed by atoms with Gasteiger partial charge >= 0.3 is 0 Å². The number of nitrogens with one attached hydrogen (secondary N) is 1. The molecule has 1 aromatic rings. The van der Waals surface area contributed by atoms with E-state index < -0.39 is 0 Å². The van der Waals surface area contributed by atoms with Crippen molar-refractivity contribution in [3.63, 3.8) is 0 Å². The van der Waals surface area contributed by atoms with Crippen LogP contribution in [-0.2, 0) is 10.8 Å². The molecule has 25 heavy (non-hydrogen) atoms. The molecule has 2 atom stereocenters. The van der Waals surface area contributed by atoms with Crippen LogP contribution in [0.15, 0.2) is 17.1 Å². The van der Waals surface area contributed by atoms with Gasteiger partial charge in [-0.3, -0.25) is 4.99 Å². The zero-order valence-electron chi connectivity index (χ0n) is 17.1. The summed E-state index contributed by atoms with van der Waals surface area (Å²) in [6.45, 7) is 13.1. The number of aromatic hydroxyl groups is 1. The Kier molecular flexibility index (Phi) is 5.98. The monoisotopic (exact) mass is 344 g/mol. The summed E-state index contributed by atoms with van der Waals surface area (Å²) in [5.41, 5.74) is 3.01. The Morgan fingerprint density at radius 2 is 1.68 bits per heavy atom. The van der Waals surface area contributed by atoms with Crippen LogP contribution in [0.2, 0.25) is 0 Å². The number of nitrogens with zero attached hydrogens (tertiary/aromatic N) is 1. The van der Waals surface area contributed by atoms with Crippen molar-refractivity contribution < 1.29 is 5.11 Å². The van der Waals surface area contributed by atoms with E-state index in [-0.39, 0.29) is 10.8 Å². The number of phenols is 1. The van der Waals surface area contributed by atoms with E-state index in [0.29, 0.717) is 17.8 Å². The Morgan fingerprint density at radius 1 is 1.04 bits per heavy atom. The van der Waals surface area contributed by atoms with Crippen LogP contribution >= 0.6 is 0 Å². The Labute approximate surface area is 154 Å². The molecule has 0 saturated heterocycles. The first-order valence-corrected chi connectivity index (χ1v) is 9.62. The number of hydrogen-bond donors (Lipinski definition) is 2. The Balaban J connectivity index is 2.43. The van der Waals surface area contributed by atoms with Gasteiger partial charge in [0.25, 0.3) is 0 Å². The summed E-state index contributed by atoms with van der Waals surface area (Å²) in [5, 5.41) is 14.3. The van der Waals surface area contributed by atoms with Crippen LogP contribution in [0, 0.1) is 0 Å². The van der Waals surface area contributed by atoms with Crippen molar-refractivity contribution in [2.45, 2.75) is 90.1 Å². The second-order valence-corrected chi connectivity index (χ2v) is 9.49. The van der Waals surface area contributed by atoms with Crippen LogP contribution < -0.4 is 5.32 Å². The molecule has 0 aliphatic heterocycles. The van der Waals surface area contributed by atoms with Crippen LogP contribution in [0.25, 0.3) is 0 Å². The molecule has 2 rings (SSSR count). The van der Waals surface area contributed by atoms with Crippen LogP contribution in [0.3, 0.4) is 0 Å². The van der Waals surface area contributed by atoms with Gasteiger partial charge in [-0.1, -0.05) is 60.5 Å². The van der Waals surface area contributed by atoms with Gasteiger partial charge in [0, 0.05) is 23.4 Å². The Hall–Kier alpha value is -1.35. The molecule has 1 aliphatic carbocycles. The van der Waals surface area contributed by atoms with E-state index in [9.17, 15) is 5.11 Å². The minimum atomic E-state index is -0.105. The first-order chi connectivity index (χ1) is 11.5. The molecule has 0 heterocycles. The highest BCUT2D eigenvalue weighted by Crippen LogP contribution is 2.37. The van der Waals surface area contributed by atoms with E-state index in [1.807, 2.05) is 13.3 Å². The molecular weight excluding hydrogens is 308 g/mol. The second-order valence-electron chi connectivity index (χ2n) is 9.49. The highest BCUT2D eigenvalue weighted by Gasteiger charge is 2.25. The molecule has 3 heteroatoms. The molecule has 0 spiro atoms. The topological polar surface area (TPSA) is 44.6 Å². The zero-order valence-corrected chi connectivity index (χ0v) is 17.1. The molecule has 1 fully saturated rings. The lowest BCUT2D eigenvalue weighted by atomic mass is 9.79. The van der Waals surface area contributed by atoms with E-state index >= 15 is 0 Å². The first kappa shape index (κ1) is 20.0. The number of hydrogen-bond acceptors (Lipinski definition) is 3. The van der Waals surface area contributed by atoms with E-state index in [1.54, 1.807) is 0 Å². The molecule has 0 aromatic heterocycles. The molecule has 0 bridgehead atoms. The van der Waals surface area contributed by atoms with Gasteiger partial charge in [-0.25, -0.2) is 0 Å². The number of benzene rings is 1. The third-order valence-electron chi connectivity index (χ3n) is 5.32. The third kappa shape index (κ3) is 4.84. The lowest BCUT2D eigenvalue weighted by Gasteiger charge is -2.29. The van der Waals surface area contributed by atoms with Crippen LogP contribution in [0.4, 0.5) is 0 Å². The average molecular weight is 345 g/mol. The smallest absolute Gasteiger partial charge is 0.128 e. The highest BCUT2D eigenvalue weighted by molar-refractivity contribution is 5.85. The van der Waals surface area contributed by atoms with Crippen molar-refractivity contribution in [2.75, 3.05) is 7.05 Å². The summed E-state index contributed by atoms with van der Waals surface area (Å²) in [5.74, 6) is 0.376. The number of phenolic OH excluding ortho intramolecular Hbond substituents is 1. The van der Waals surface area contributed by atoms with Crippen LogP contribution in [0.5, 0.6) is 5.75 Å². The SMILES string of the molecule is CN[C@H]1CCCCC1/N=C/c1cc(C(C)(C)C)cc(C(C)(C)C)c1O. The number of aliphatic imine (C=N–C) groups is 1. The molecule has 3 nitrogen and oxygen atoms in total. The highest BCUT2D eigenvalue weighted by atomic mass is 16.3. The van der Waals surface area contributed by atoms with E-state index in [0.717, 1.165) is 17.5 Å². The van der Waals surface area contributed by atoms with Crippen LogP contribution in [-0.4, -0.2) is 30.5 Å². The average Bonchev–Trinajstić information content (AvgIpc) is 2.51. The van der Waals surface area contributed by atoms with Gasteiger partial charge in [-0.15, -0.1) is 0 Å². The lowest BCUT2D eigenvalue weighted by molar-refractivity contribution is 0.346. The van der Waals surface area contributed by atoms with Gasteiger partial charge < -0.3 is 10.4 Å². The van der Waals surface area contributed by atoms with E-state index in [4.69, 9.17) is 4.99 Å². The Bertz CT molecular complexity index is 620. The molecule has 1 saturated carbocycles. The Morgan fingerprint density at radius 3 is 2.24 bits per heavy atom. The maximum atomic E-state index is 10.9. The molecule has 0 radical (unpaired) electrons. The van der Waals surface area contributed by atoms with Crippen LogP contribution in [0.1, 0.15) is 83.9 Å².